The van der Waals surface area contributed by atoms with Crippen LogP contribution in [0.25, 0.3) is 0 Å². The molecule has 1 heterocycles. The molecule has 10 heavy (non-hydrogen) atoms. The quantitative estimate of drug-likeness (QED) is 0.632. The maximum Gasteiger partial charge on any atom is 0.00226 e. The molecule has 0 spiro atoms. The van der Waals surface area contributed by atoms with Gasteiger partial charge in [-0.05, 0) is 45.8 Å². The molecule has 1 fully saturated rings. The van der Waals surface area contributed by atoms with Crippen LogP contribution in [0.1, 0.15) is 26.2 Å². The van der Waals surface area contributed by atoms with E-state index in [1.165, 1.54) is 32.5 Å². The zero-order valence-electron chi connectivity index (χ0n) is 6.84. The Balaban J connectivity index is 2.01. The van der Waals surface area contributed by atoms with Crippen molar-refractivity contribution in [3.05, 3.63) is 0 Å². The first-order valence-electron chi connectivity index (χ1n) is 4.27. The van der Waals surface area contributed by atoms with Crippen LogP contribution < -0.4 is 5.73 Å². The van der Waals surface area contributed by atoms with Gasteiger partial charge in [0.05, 0.1) is 0 Å². The van der Waals surface area contributed by atoms with Gasteiger partial charge in [0.15, 0.2) is 0 Å². The molecular weight excluding hydrogens is 124 g/mol. The molecule has 0 bridgehead atoms. The Labute approximate surface area is 63.4 Å². The van der Waals surface area contributed by atoms with Gasteiger partial charge in [-0.1, -0.05) is 0 Å². The third-order valence-electron chi connectivity index (χ3n) is 2.10. The van der Waals surface area contributed by atoms with Crippen molar-refractivity contribution in [1.82, 2.24) is 4.90 Å². The van der Waals surface area contributed by atoms with Gasteiger partial charge in [0.1, 0.15) is 0 Å². The highest BCUT2D eigenvalue weighted by atomic mass is 15.1. The summed E-state index contributed by atoms with van der Waals surface area (Å²) < 4.78 is 0. The highest BCUT2D eigenvalue weighted by molar-refractivity contribution is 4.67. The van der Waals surface area contributed by atoms with Gasteiger partial charge < -0.3 is 10.6 Å². The summed E-state index contributed by atoms with van der Waals surface area (Å²) in [7, 11) is 0. The minimum absolute atomic E-state index is 0.376. The van der Waals surface area contributed by atoms with E-state index in [1.54, 1.807) is 0 Å². The maximum absolute atomic E-state index is 5.64. The number of likely N-dealkylation sites (tertiary alicyclic amines) is 1. The summed E-state index contributed by atoms with van der Waals surface area (Å²) >= 11 is 0. The van der Waals surface area contributed by atoms with Crippen LogP contribution in [-0.2, 0) is 0 Å². The third kappa shape index (κ3) is 2.67. The molecule has 1 unspecified atom stereocenters. The lowest BCUT2D eigenvalue weighted by Gasteiger charge is -2.15. The average molecular weight is 142 g/mol. The predicted octanol–water partition coefficient (Wildman–Crippen LogP) is 0.820. The van der Waals surface area contributed by atoms with Gasteiger partial charge in [0.25, 0.3) is 0 Å². The lowest BCUT2D eigenvalue weighted by atomic mass is 10.2. The van der Waals surface area contributed by atoms with Gasteiger partial charge in [-0.15, -0.1) is 0 Å². The van der Waals surface area contributed by atoms with E-state index in [-0.39, 0.29) is 0 Å². The largest absolute Gasteiger partial charge is 0.328 e. The first-order valence-corrected chi connectivity index (χ1v) is 4.27. The molecule has 60 valence electrons. The van der Waals surface area contributed by atoms with Crippen LogP contribution in [-0.4, -0.2) is 30.6 Å². The Hall–Kier alpha value is -0.0800. The van der Waals surface area contributed by atoms with Gasteiger partial charge in [0.2, 0.25) is 0 Å². The van der Waals surface area contributed by atoms with Crippen LogP contribution >= 0.6 is 0 Å². The molecule has 0 radical (unpaired) electrons. The monoisotopic (exact) mass is 142 g/mol. The molecule has 2 heteroatoms. The van der Waals surface area contributed by atoms with Crippen molar-refractivity contribution in [3.63, 3.8) is 0 Å². The molecule has 0 aromatic heterocycles. The standard InChI is InChI=1S/C8H18N2/c1-8(9)4-7-10-5-2-3-6-10/h8H,2-7,9H2,1H3. The Kier molecular flexibility index (Phi) is 3.16. The van der Waals surface area contributed by atoms with E-state index in [9.17, 15) is 0 Å². The zero-order valence-corrected chi connectivity index (χ0v) is 6.84. The van der Waals surface area contributed by atoms with E-state index in [2.05, 4.69) is 11.8 Å². The first-order chi connectivity index (χ1) is 4.79. The molecule has 1 aliphatic heterocycles. The fraction of sp³-hybridized carbons (Fsp3) is 1.00. The Bertz CT molecular complexity index is 85.3. The second-order valence-electron chi connectivity index (χ2n) is 3.31. The molecule has 0 saturated carbocycles. The van der Waals surface area contributed by atoms with E-state index in [0.29, 0.717) is 6.04 Å². The summed E-state index contributed by atoms with van der Waals surface area (Å²) in [6, 6.07) is 0.376. The van der Waals surface area contributed by atoms with Gasteiger partial charge in [-0.25, -0.2) is 0 Å². The molecule has 1 saturated heterocycles. The van der Waals surface area contributed by atoms with Crippen molar-refractivity contribution < 1.29 is 0 Å². The van der Waals surface area contributed by atoms with Crippen LogP contribution in [0.3, 0.4) is 0 Å². The molecule has 2 nitrogen and oxygen atoms in total. The normalized spacial score (nSPS) is 23.4. The number of nitrogens with two attached hydrogens (primary N) is 1. The van der Waals surface area contributed by atoms with Crippen LogP contribution in [0.5, 0.6) is 0 Å². The fourth-order valence-corrected chi connectivity index (χ4v) is 1.39. The van der Waals surface area contributed by atoms with Crippen molar-refractivity contribution in [2.24, 2.45) is 5.73 Å². The highest BCUT2D eigenvalue weighted by Gasteiger charge is 2.10. The molecule has 1 rings (SSSR count). The van der Waals surface area contributed by atoms with Crippen molar-refractivity contribution in [2.45, 2.75) is 32.2 Å². The average Bonchev–Trinajstić information content (AvgIpc) is 2.34. The third-order valence-corrected chi connectivity index (χ3v) is 2.10. The van der Waals surface area contributed by atoms with E-state index < -0.39 is 0 Å². The van der Waals surface area contributed by atoms with Crippen molar-refractivity contribution in [1.29, 1.82) is 0 Å². The summed E-state index contributed by atoms with van der Waals surface area (Å²) in [5.41, 5.74) is 5.64. The number of hydrogen-bond donors (Lipinski definition) is 1. The molecule has 1 atom stereocenters. The molecular formula is C8H18N2. The van der Waals surface area contributed by atoms with Crippen molar-refractivity contribution >= 4 is 0 Å². The summed E-state index contributed by atoms with van der Waals surface area (Å²) in [4.78, 5) is 2.50. The van der Waals surface area contributed by atoms with E-state index in [4.69, 9.17) is 5.73 Å². The van der Waals surface area contributed by atoms with E-state index in [1.807, 2.05) is 0 Å². The summed E-state index contributed by atoms with van der Waals surface area (Å²) in [5, 5.41) is 0. The van der Waals surface area contributed by atoms with Gasteiger partial charge in [-0.2, -0.15) is 0 Å². The lowest BCUT2D eigenvalue weighted by Crippen LogP contribution is -2.26. The van der Waals surface area contributed by atoms with Crippen LogP contribution in [0.15, 0.2) is 0 Å². The van der Waals surface area contributed by atoms with E-state index in [0.717, 1.165) is 6.42 Å². The topological polar surface area (TPSA) is 29.3 Å². The first kappa shape index (κ1) is 8.02. The van der Waals surface area contributed by atoms with Gasteiger partial charge in [0, 0.05) is 6.04 Å². The van der Waals surface area contributed by atoms with Gasteiger partial charge in [-0.3, -0.25) is 0 Å². The molecule has 2 N–H and O–H groups in total. The second-order valence-corrected chi connectivity index (χ2v) is 3.31. The number of rotatable bonds is 3. The number of hydrogen-bond acceptors (Lipinski definition) is 2. The Morgan fingerprint density at radius 3 is 2.50 bits per heavy atom. The van der Waals surface area contributed by atoms with Gasteiger partial charge >= 0.3 is 0 Å². The fourth-order valence-electron chi connectivity index (χ4n) is 1.39. The van der Waals surface area contributed by atoms with Crippen LogP contribution in [0.4, 0.5) is 0 Å². The highest BCUT2D eigenvalue weighted by Crippen LogP contribution is 2.07. The molecule has 0 aromatic carbocycles. The second kappa shape index (κ2) is 3.94. The van der Waals surface area contributed by atoms with Crippen molar-refractivity contribution in [3.8, 4) is 0 Å². The maximum atomic E-state index is 5.64. The SMILES string of the molecule is CC(N)CCN1CCCC1. The van der Waals surface area contributed by atoms with E-state index >= 15 is 0 Å². The van der Waals surface area contributed by atoms with Crippen LogP contribution in [0.2, 0.25) is 0 Å². The predicted molar refractivity (Wildman–Crippen MR) is 43.9 cm³/mol. The van der Waals surface area contributed by atoms with Crippen molar-refractivity contribution in [2.75, 3.05) is 19.6 Å². The molecule has 0 aromatic rings. The number of nitrogens with zero attached hydrogens (tertiary/aromatic N) is 1. The molecule has 0 amide bonds. The summed E-state index contributed by atoms with van der Waals surface area (Å²) in [6.45, 7) is 5.88. The Morgan fingerprint density at radius 2 is 2.00 bits per heavy atom. The molecule has 1 aliphatic rings. The zero-order chi connectivity index (χ0) is 7.40. The van der Waals surface area contributed by atoms with Crippen LogP contribution in [0, 0.1) is 0 Å². The lowest BCUT2D eigenvalue weighted by molar-refractivity contribution is 0.324. The minimum atomic E-state index is 0.376. The Morgan fingerprint density at radius 1 is 1.40 bits per heavy atom. The summed E-state index contributed by atoms with van der Waals surface area (Å²) in [6.07, 6.45) is 3.93. The molecule has 0 aliphatic carbocycles. The summed E-state index contributed by atoms with van der Waals surface area (Å²) in [5.74, 6) is 0. The smallest absolute Gasteiger partial charge is 0.00226 e. The minimum Gasteiger partial charge on any atom is -0.328 e.